The molecule has 0 bridgehead atoms. The molecule has 0 aliphatic carbocycles. The third kappa shape index (κ3) is 4.91. The molecule has 6 heteroatoms. The Morgan fingerprint density at radius 3 is 2.56 bits per heavy atom. The molecule has 0 heterocycles. The largest absolute Gasteiger partial charge is 0.394 e. The average molecular weight is 291 g/mol. The van der Waals surface area contributed by atoms with Gasteiger partial charge in [-0.15, -0.1) is 0 Å². The maximum absolute atomic E-state index is 11.4. The fraction of sp³-hybridized carbons (Fsp3) is 0.417. The van der Waals surface area contributed by atoms with E-state index in [4.69, 9.17) is 11.6 Å². The van der Waals surface area contributed by atoms with Crippen LogP contribution in [0.4, 0.5) is 0 Å². The van der Waals surface area contributed by atoms with Crippen molar-refractivity contribution in [3.8, 4) is 0 Å². The first-order valence-electron chi connectivity index (χ1n) is 5.71. The van der Waals surface area contributed by atoms with Crippen LogP contribution < -0.4 is 0 Å². The molecule has 0 aliphatic rings. The summed E-state index contributed by atoms with van der Waals surface area (Å²) in [5.41, 5.74) is 0.315. The van der Waals surface area contributed by atoms with Crippen LogP contribution in [-0.4, -0.2) is 17.0 Å². The van der Waals surface area contributed by atoms with Gasteiger partial charge in [-0.1, -0.05) is 23.7 Å². The summed E-state index contributed by atoms with van der Waals surface area (Å²) in [6, 6.07) is 7.29. The Morgan fingerprint density at radius 2 is 2.00 bits per heavy atom. The van der Waals surface area contributed by atoms with Crippen LogP contribution in [0.15, 0.2) is 24.3 Å². The second-order valence-electron chi connectivity index (χ2n) is 3.81. The molecule has 0 aliphatic heterocycles. The second kappa shape index (κ2) is 7.05. The van der Waals surface area contributed by atoms with Crippen LogP contribution >= 0.6 is 19.2 Å². The van der Waals surface area contributed by atoms with Crippen LogP contribution in [0.2, 0.25) is 5.02 Å². The van der Waals surface area contributed by atoms with E-state index in [1.54, 1.807) is 19.1 Å². The van der Waals surface area contributed by atoms with Gasteiger partial charge in [-0.3, -0.25) is 9.36 Å². The molecule has 0 spiro atoms. The van der Waals surface area contributed by atoms with Crippen LogP contribution in [0, 0.1) is 0 Å². The van der Waals surface area contributed by atoms with Crippen molar-refractivity contribution >= 4 is 24.7 Å². The van der Waals surface area contributed by atoms with Gasteiger partial charge in [0, 0.05) is 11.4 Å². The molecule has 1 rings (SSSR count). The minimum absolute atomic E-state index is 0.0381. The summed E-state index contributed by atoms with van der Waals surface area (Å²) in [4.78, 5) is 20.7. The normalized spacial score (nSPS) is 14.2. The number of rotatable bonds is 7. The molecule has 1 unspecified atom stereocenters. The lowest BCUT2D eigenvalue weighted by Crippen LogP contribution is -2.03. The van der Waals surface area contributed by atoms with Gasteiger partial charge in [0.25, 0.3) is 0 Å². The molecule has 0 saturated carbocycles. The zero-order valence-electron chi connectivity index (χ0n) is 10.1. The van der Waals surface area contributed by atoms with Gasteiger partial charge in [-0.25, -0.2) is 0 Å². The molecule has 1 aromatic carbocycles. The number of halogens is 1. The minimum Gasteiger partial charge on any atom is -0.319 e. The maximum Gasteiger partial charge on any atom is 0.394 e. The van der Waals surface area contributed by atoms with Crippen molar-refractivity contribution in [2.24, 2.45) is 0 Å². The van der Waals surface area contributed by atoms with Crippen molar-refractivity contribution in [2.45, 2.75) is 26.2 Å². The van der Waals surface area contributed by atoms with Crippen LogP contribution in [0.1, 0.15) is 25.3 Å². The van der Waals surface area contributed by atoms with E-state index in [0.29, 0.717) is 17.9 Å². The summed E-state index contributed by atoms with van der Waals surface area (Å²) in [6.45, 7) is 1.63. The zero-order chi connectivity index (χ0) is 13.6. The third-order valence-electron chi connectivity index (χ3n) is 2.39. The molecule has 0 saturated heterocycles. The lowest BCUT2D eigenvalue weighted by Gasteiger charge is -2.08. The Balaban J connectivity index is 2.40. The first-order valence-corrected chi connectivity index (χ1v) is 7.66. The van der Waals surface area contributed by atoms with E-state index in [9.17, 15) is 14.3 Å². The van der Waals surface area contributed by atoms with Crippen LogP contribution in [0.25, 0.3) is 0 Å². The van der Waals surface area contributed by atoms with E-state index in [1.165, 1.54) is 0 Å². The Bertz CT molecular complexity index is 444. The first-order chi connectivity index (χ1) is 8.45. The summed E-state index contributed by atoms with van der Waals surface area (Å²) < 4.78 is 15.9. The van der Waals surface area contributed by atoms with E-state index >= 15 is 0 Å². The molecule has 4 nitrogen and oxygen atoms in total. The molecule has 100 valence electrons. The Kier molecular flexibility index (Phi) is 6.03. The van der Waals surface area contributed by atoms with Gasteiger partial charge >= 0.3 is 7.60 Å². The van der Waals surface area contributed by atoms with Crippen molar-refractivity contribution in [1.82, 2.24) is 0 Å². The summed E-state index contributed by atoms with van der Waals surface area (Å²) in [5.74, 6) is 0. The maximum atomic E-state index is 11.4. The van der Waals surface area contributed by atoms with Crippen LogP contribution in [0.3, 0.4) is 0 Å². The number of hydrogen-bond donors (Lipinski definition) is 1. The smallest absolute Gasteiger partial charge is 0.319 e. The third-order valence-corrected chi connectivity index (χ3v) is 4.10. The van der Waals surface area contributed by atoms with Gasteiger partial charge in [0.2, 0.25) is 5.52 Å². The van der Waals surface area contributed by atoms with E-state index in [0.717, 1.165) is 5.56 Å². The highest BCUT2D eigenvalue weighted by atomic mass is 35.5. The zero-order valence-corrected chi connectivity index (χ0v) is 11.8. The number of carbonyl (C=O) groups is 1. The van der Waals surface area contributed by atoms with E-state index in [1.807, 2.05) is 12.1 Å². The van der Waals surface area contributed by atoms with Crippen molar-refractivity contribution < 1.29 is 18.8 Å². The summed E-state index contributed by atoms with van der Waals surface area (Å²) >= 11 is 5.75. The Labute approximate surface area is 111 Å². The highest BCUT2D eigenvalue weighted by Crippen LogP contribution is 2.44. The first kappa shape index (κ1) is 15.4. The number of aryl methyl sites for hydroxylation is 1. The topological polar surface area (TPSA) is 63.6 Å². The Morgan fingerprint density at radius 1 is 1.39 bits per heavy atom. The van der Waals surface area contributed by atoms with Crippen molar-refractivity contribution in [1.29, 1.82) is 0 Å². The van der Waals surface area contributed by atoms with E-state index < -0.39 is 13.1 Å². The van der Waals surface area contributed by atoms with Gasteiger partial charge in [0.15, 0.2) is 0 Å². The van der Waals surface area contributed by atoms with Gasteiger partial charge in [0.05, 0.1) is 6.61 Å². The predicted molar refractivity (Wildman–Crippen MR) is 70.8 cm³/mol. The van der Waals surface area contributed by atoms with Crippen LogP contribution in [0.5, 0.6) is 0 Å². The molecule has 0 amide bonds. The molecular weight excluding hydrogens is 275 g/mol. The second-order valence-corrected chi connectivity index (χ2v) is 6.05. The monoisotopic (exact) mass is 290 g/mol. The number of hydrogen-bond acceptors (Lipinski definition) is 3. The van der Waals surface area contributed by atoms with Crippen LogP contribution in [-0.2, 0) is 20.3 Å². The molecule has 1 aromatic rings. The summed E-state index contributed by atoms with van der Waals surface area (Å²) in [7, 11) is -4.07. The fourth-order valence-corrected chi connectivity index (χ4v) is 2.54. The predicted octanol–water partition coefficient (Wildman–Crippen LogP) is 3.41. The SMILES string of the molecule is CCOP(=O)(O)C(=O)CCCc1ccc(Cl)cc1. The van der Waals surface area contributed by atoms with Gasteiger partial charge in [0.1, 0.15) is 0 Å². The summed E-state index contributed by atoms with van der Waals surface area (Å²) in [5, 5.41) is 0.658. The average Bonchev–Trinajstić information content (AvgIpc) is 2.31. The Hall–Kier alpha value is -0.670. The van der Waals surface area contributed by atoms with Gasteiger partial charge in [-0.2, -0.15) is 0 Å². The molecule has 1 atom stereocenters. The van der Waals surface area contributed by atoms with E-state index in [2.05, 4.69) is 4.52 Å². The highest BCUT2D eigenvalue weighted by molar-refractivity contribution is 7.70. The van der Waals surface area contributed by atoms with Gasteiger partial charge < -0.3 is 9.42 Å². The standard InChI is InChI=1S/C12H16ClO4P/c1-2-17-18(15,16)12(14)5-3-4-10-6-8-11(13)9-7-10/h6-9H,2-5H2,1H3,(H,15,16). The highest BCUT2D eigenvalue weighted by Gasteiger charge is 2.28. The number of carbonyl (C=O) groups excluding carboxylic acids is 1. The van der Waals surface area contributed by atoms with Crippen molar-refractivity contribution in [3.63, 3.8) is 0 Å². The molecular formula is C12H16ClO4P. The lowest BCUT2D eigenvalue weighted by molar-refractivity contribution is -0.113. The summed E-state index contributed by atoms with van der Waals surface area (Å²) in [6.07, 6.45) is 1.21. The molecule has 0 radical (unpaired) electrons. The van der Waals surface area contributed by atoms with E-state index in [-0.39, 0.29) is 13.0 Å². The van der Waals surface area contributed by atoms with Gasteiger partial charge in [-0.05, 0) is 37.5 Å². The fourth-order valence-electron chi connectivity index (χ4n) is 1.48. The molecule has 0 aromatic heterocycles. The molecule has 1 N–H and O–H groups in total. The minimum atomic E-state index is -4.07. The lowest BCUT2D eigenvalue weighted by atomic mass is 10.1. The van der Waals surface area contributed by atoms with Crippen molar-refractivity contribution in [2.75, 3.05) is 6.61 Å². The molecule has 18 heavy (non-hydrogen) atoms. The quantitative estimate of drug-likeness (QED) is 0.782. The molecule has 0 fully saturated rings. The van der Waals surface area contributed by atoms with Crippen molar-refractivity contribution in [3.05, 3.63) is 34.9 Å². The number of benzene rings is 1.